The van der Waals surface area contributed by atoms with E-state index in [4.69, 9.17) is 32.5 Å². The number of nitrogen functional groups attached to an aromatic ring is 1. The van der Waals surface area contributed by atoms with E-state index in [0.29, 0.717) is 6.29 Å². The Bertz CT molecular complexity index is 1630. The topological polar surface area (TPSA) is 159 Å². The third-order valence-corrected chi connectivity index (χ3v) is 7.18. The zero-order valence-corrected chi connectivity index (χ0v) is 23.3. The number of aldehydes is 1. The lowest BCUT2D eigenvalue weighted by atomic mass is 9.82. The van der Waals surface area contributed by atoms with Crippen molar-refractivity contribution in [3.8, 4) is 22.8 Å². The van der Waals surface area contributed by atoms with Crippen LogP contribution in [0.5, 0.6) is 11.5 Å². The summed E-state index contributed by atoms with van der Waals surface area (Å²) in [5.41, 5.74) is 10.4. The van der Waals surface area contributed by atoms with Crippen molar-refractivity contribution in [3.63, 3.8) is 0 Å². The zero-order chi connectivity index (χ0) is 31.6. The number of methoxy groups -OCH3 is 1. The van der Waals surface area contributed by atoms with Gasteiger partial charge in [0.05, 0.1) is 29.4 Å². The van der Waals surface area contributed by atoms with Crippen LogP contribution in [0.1, 0.15) is 40.0 Å². The quantitative estimate of drug-likeness (QED) is 0.0776. The number of alkyl halides is 2. The molecule has 2 atom stereocenters. The number of hydrogen-bond acceptors (Lipinski definition) is 8. The van der Waals surface area contributed by atoms with Crippen LogP contribution in [-0.4, -0.2) is 56.1 Å². The minimum absolute atomic E-state index is 0.00223. The molecule has 0 unspecified atom stereocenters. The SMILES string of the molecule is COc1cc(C(=O)NC[C@@H](C=O)c2cc3c(c(-c4cc(F)c(F)c(Cl)c4)n2)OC[C@]3(C)C(N)=O)cc(/C=N/C(F)F)c1N. The van der Waals surface area contributed by atoms with Gasteiger partial charge in [0.1, 0.15) is 35.5 Å². The van der Waals surface area contributed by atoms with Gasteiger partial charge in [-0.1, -0.05) is 11.6 Å². The fourth-order valence-electron chi connectivity index (χ4n) is 4.40. The predicted octanol–water partition coefficient (Wildman–Crippen LogP) is 3.76. The first-order valence-corrected chi connectivity index (χ1v) is 12.8. The number of carbonyl (C=O) groups excluding carboxylic acids is 3. The first kappa shape index (κ1) is 31.2. The summed E-state index contributed by atoms with van der Waals surface area (Å²) >= 11 is 5.85. The maximum atomic E-state index is 14.3. The number of anilines is 1. The molecule has 2 amide bonds. The Morgan fingerprint density at radius 3 is 2.58 bits per heavy atom. The second-order valence-corrected chi connectivity index (χ2v) is 10.1. The third kappa shape index (κ3) is 6.09. The lowest BCUT2D eigenvalue weighted by Crippen LogP contribution is -2.40. The van der Waals surface area contributed by atoms with E-state index in [2.05, 4.69) is 15.3 Å². The monoisotopic (exact) mass is 621 g/mol. The van der Waals surface area contributed by atoms with E-state index < -0.39 is 46.4 Å². The summed E-state index contributed by atoms with van der Waals surface area (Å²) in [6, 6.07) is 5.83. The van der Waals surface area contributed by atoms with Crippen LogP contribution in [0.2, 0.25) is 5.02 Å². The number of amides is 2. The number of ether oxygens (including phenoxy) is 2. The highest BCUT2D eigenvalue weighted by Crippen LogP contribution is 2.45. The van der Waals surface area contributed by atoms with Gasteiger partial charge in [0.25, 0.3) is 5.91 Å². The molecule has 0 spiro atoms. The summed E-state index contributed by atoms with van der Waals surface area (Å²) in [6.07, 6.45) is 1.28. The molecule has 0 saturated carbocycles. The van der Waals surface area contributed by atoms with Crippen molar-refractivity contribution in [1.29, 1.82) is 0 Å². The number of nitrogens with one attached hydrogen (secondary N) is 1. The Kier molecular flexibility index (Phi) is 8.90. The van der Waals surface area contributed by atoms with Crippen molar-refractivity contribution < 1.29 is 41.4 Å². The number of nitrogens with two attached hydrogens (primary N) is 2. The Balaban J connectivity index is 1.72. The second kappa shape index (κ2) is 12.3. The smallest absolute Gasteiger partial charge is 0.331 e. The lowest BCUT2D eigenvalue weighted by Gasteiger charge is -2.20. The highest BCUT2D eigenvalue weighted by molar-refractivity contribution is 6.31. The number of pyridine rings is 1. The van der Waals surface area contributed by atoms with Crippen molar-refractivity contribution in [1.82, 2.24) is 10.3 Å². The normalized spacial score (nSPS) is 16.6. The summed E-state index contributed by atoms with van der Waals surface area (Å²) in [6.45, 7) is -2.02. The van der Waals surface area contributed by atoms with Gasteiger partial charge in [0, 0.05) is 35.0 Å². The summed E-state index contributed by atoms with van der Waals surface area (Å²) in [7, 11) is 1.27. The number of nitrogens with zero attached hydrogens (tertiary/aromatic N) is 2. The van der Waals surface area contributed by atoms with Gasteiger partial charge in [-0.05, 0) is 37.3 Å². The van der Waals surface area contributed by atoms with Gasteiger partial charge in [-0.25, -0.2) is 18.8 Å². The van der Waals surface area contributed by atoms with E-state index in [9.17, 15) is 31.9 Å². The van der Waals surface area contributed by atoms with Crippen LogP contribution in [0.25, 0.3) is 11.3 Å². The third-order valence-electron chi connectivity index (χ3n) is 6.90. The summed E-state index contributed by atoms with van der Waals surface area (Å²) in [4.78, 5) is 45.1. The molecule has 4 rings (SSSR count). The zero-order valence-electron chi connectivity index (χ0n) is 22.6. The van der Waals surface area contributed by atoms with E-state index in [1.165, 1.54) is 32.2 Å². The van der Waals surface area contributed by atoms with Crippen molar-refractivity contribution in [2.24, 2.45) is 10.7 Å². The minimum atomic E-state index is -3.01. The highest BCUT2D eigenvalue weighted by atomic mass is 35.5. The number of benzene rings is 2. The number of aromatic nitrogens is 1. The fraction of sp³-hybridized carbons (Fsp3) is 0.250. The number of fused-ring (bicyclic) bond motifs is 1. The predicted molar refractivity (Wildman–Crippen MR) is 149 cm³/mol. The van der Waals surface area contributed by atoms with Gasteiger partial charge in [-0.3, -0.25) is 9.59 Å². The molecule has 2 aromatic carbocycles. The van der Waals surface area contributed by atoms with E-state index in [-0.39, 0.29) is 64.0 Å². The van der Waals surface area contributed by atoms with Crippen LogP contribution in [0, 0.1) is 11.6 Å². The molecular formula is C28H24ClF4N5O5. The molecule has 3 aromatic rings. The molecule has 5 N–H and O–H groups in total. The van der Waals surface area contributed by atoms with Gasteiger partial charge in [0.2, 0.25) is 5.91 Å². The van der Waals surface area contributed by atoms with Gasteiger partial charge >= 0.3 is 6.55 Å². The first-order chi connectivity index (χ1) is 20.3. The molecule has 0 fully saturated rings. The number of rotatable bonds is 10. The molecule has 0 bridgehead atoms. The molecular weight excluding hydrogens is 598 g/mol. The lowest BCUT2D eigenvalue weighted by molar-refractivity contribution is -0.123. The molecule has 15 heteroatoms. The Hall–Kier alpha value is -4.72. The molecule has 1 aromatic heterocycles. The maximum absolute atomic E-state index is 14.3. The van der Waals surface area contributed by atoms with Crippen LogP contribution in [0.4, 0.5) is 23.2 Å². The average molecular weight is 622 g/mol. The Labute approximate surface area is 247 Å². The molecule has 43 heavy (non-hydrogen) atoms. The van der Waals surface area contributed by atoms with Crippen LogP contribution in [0.15, 0.2) is 35.3 Å². The maximum Gasteiger partial charge on any atom is 0.331 e. The van der Waals surface area contributed by atoms with Crippen molar-refractivity contribution in [2.75, 3.05) is 26.0 Å². The van der Waals surface area contributed by atoms with Gasteiger partial charge in [-0.15, -0.1) is 0 Å². The van der Waals surface area contributed by atoms with Crippen LogP contribution >= 0.6 is 11.6 Å². The number of carbonyl (C=O) groups is 3. The summed E-state index contributed by atoms with van der Waals surface area (Å²) in [5, 5.41) is 2.02. The summed E-state index contributed by atoms with van der Waals surface area (Å²) < 4.78 is 64.3. The molecule has 0 saturated heterocycles. The van der Waals surface area contributed by atoms with Crippen molar-refractivity contribution >= 4 is 41.6 Å². The minimum Gasteiger partial charge on any atom is -0.495 e. The highest BCUT2D eigenvalue weighted by Gasteiger charge is 2.44. The van der Waals surface area contributed by atoms with Crippen molar-refractivity contribution in [3.05, 3.63) is 69.4 Å². The second-order valence-electron chi connectivity index (χ2n) is 9.70. The van der Waals surface area contributed by atoms with Crippen LogP contribution in [0.3, 0.4) is 0 Å². The number of aliphatic imine (C=N–C) groups is 1. The fourth-order valence-corrected chi connectivity index (χ4v) is 4.61. The first-order valence-electron chi connectivity index (χ1n) is 12.5. The molecule has 0 radical (unpaired) electrons. The molecule has 226 valence electrons. The van der Waals surface area contributed by atoms with Gasteiger partial charge in [0.15, 0.2) is 11.6 Å². The van der Waals surface area contributed by atoms with Gasteiger partial charge in [-0.2, -0.15) is 8.78 Å². The number of halogens is 5. The average Bonchev–Trinajstić information content (AvgIpc) is 3.32. The Morgan fingerprint density at radius 2 is 1.98 bits per heavy atom. The Morgan fingerprint density at radius 1 is 1.26 bits per heavy atom. The molecule has 10 nitrogen and oxygen atoms in total. The van der Waals surface area contributed by atoms with Crippen LogP contribution < -0.4 is 26.3 Å². The molecule has 2 heterocycles. The largest absolute Gasteiger partial charge is 0.495 e. The van der Waals surface area contributed by atoms with Crippen molar-refractivity contribution in [2.45, 2.75) is 24.8 Å². The van der Waals surface area contributed by atoms with Gasteiger partial charge < -0.3 is 31.1 Å². The molecule has 1 aliphatic heterocycles. The number of hydrogen-bond donors (Lipinski definition) is 3. The molecule has 0 aliphatic carbocycles. The van der Waals surface area contributed by atoms with Crippen LogP contribution in [-0.2, 0) is 15.0 Å². The van der Waals surface area contributed by atoms with E-state index in [0.717, 1.165) is 18.3 Å². The number of primary amides is 1. The van der Waals surface area contributed by atoms with E-state index in [1.54, 1.807) is 0 Å². The summed E-state index contributed by atoms with van der Waals surface area (Å²) in [5.74, 6) is -5.06. The van der Waals surface area contributed by atoms with E-state index in [1.807, 2.05) is 0 Å². The van der Waals surface area contributed by atoms with E-state index >= 15 is 0 Å². The standard InChI is InChI=1S/C28H24ClF4N5O5/c1-28(26(35)41)11-43-24-16(28)7-19(38-23(24)12-4-17(29)21(31)18(30)5-12)15(10-39)9-36-25(40)13-3-14(8-37-27(32)33)22(34)20(6-13)42-2/h3-8,10,15,27H,9,11,34H2,1-2H3,(H2,35,41)(H,36,40)/b37-8+/t15-,28-/m0/s1. The molecule has 1 aliphatic rings.